The molecule has 0 bridgehead atoms. The summed E-state index contributed by atoms with van der Waals surface area (Å²) in [5, 5.41) is 1.89. The molecule has 5 heteroatoms. The summed E-state index contributed by atoms with van der Waals surface area (Å²) in [5.74, 6) is 0.609. The Morgan fingerprint density at radius 1 is 1.67 bits per heavy atom. The molecule has 4 nitrogen and oxygen atoms in total. The molecule has 2 N–H and O–H groups in total. The molecule has 1 atom stereocenters. The fourth-order valence-corrected chi connectivity index (χ4v) is 1.65. The molecule has 1 heterocycles. The summed E-state index contributed by atoms with van der Waals surface area (Å²) in [6.45, 7) is 0.436. The number of hydrogen-bond donors (Lipinski definition) is 1. The van der Waals surface area contributed by atoms with Crippen molar-refractivity contribution in [2.75, 3.05) is 20.8 Å². The molecule has 0 saturated carbocycles. The minimum Gasteiger partial charge on any atom is -0.480 e. The molecule has 68 valence electrons. The first-order chi connectivity index (χ1) is 5.83. The zero-order chi connectivity index (χ0) is 8.97. The fourth-order valence-electron chi connectivity index (χ4n) is 0.953. The zero-order valence-corrected chi connectivity index (χ0v) is 7.93. The molecule has 12 heavy (non-hydrogen) atoms. The lowest BCUT2D eigenvalue weighted by atomic mass is 10.2. The average molecular weight is 188 g/mol. The molecule has 1 aromatic rings. The number of hydrogen-bond acceptors (Lipinski definition) is 5. The summed E-state index contributed by atoms with van der Waals surface area (Å²) in [6, 6.07) is 0. The predicted molar refractivity (Wildman–Crippen MR) is 47.5 cm³/mol. The second-order valence-electron chi connectivity index (χ2n) is 2.24. The van der Waals surface area contributed by atoms with Crippen LogP contribution in [0.15, 0.2) is 5.38 Å². The van der Waals surface area contributed by atoms with Crippen molar-refractivity contribution in [3.8, 4) is 5.88 Å². The van der Waals surface area contributed by atoms with Gasteiger partial charge in [-0.25, -0.2) is 0 Å². The molecule has 1 aromatic heterocycles. The SMILES string of the molecule is COc1nscc1C(CN)OC. The van der Waals surface area contributed by atoms with E-state index < -0.39 is 0 Å². The van der Waals surface area contributed by atoms with E-state index in [2.05, 4.69) is 4.37 Å². The van der Waals surface area contributed by atoms with E-state index in [1.165, 1.54) is 11.5 Å². The third kappa shape index (κ3) is 1.74. The molecule has 0 fully saturated rings. The average Bonchev–Trinajstić information content (AvgIpc) is 2.55. The predicted octanol–water partition coefficient (Wildman–Crippen LogP) is 0.798. The highest BCUT2D eigenvalue weighted by Crippen LogP contribution is 2.26. The molecule has 1 unspecified atom stereocenters. The van der Waals surface area contributed by atoms with Gasteiger partial charge in [-0.3, -0.25) is 0 Å². The first-order valence-electron chi connectivity index (χ1n) is 3.54. The van der Waals surface area contributed by atoms with Gasteiger partial charge in [-0.1, -0.05) is 0 Å². The van der Waals surface area contributed by atoms with Crippen LogP contribution in [-0.2, 0) is 4.74 Å². The molecule has 0 aliphatic heterocycles. The Balaban J connectivity index is 2.83. The van der Waals surface area contributed by atoms with Gasteiger partial charge in [0.1, 0.15) is 6.10 Å². The number of nitrogens with two attached hydrogens (primary N) is 1. The molecule has 1 rings (SSSR count). The van der Waals surface area contributed by atoms with Crippen LogP contribution in [0, 0.1) is 0 Å². The molecule has 0 spiro atoms. The molecular weight excluding hydrogens is 176 g/mol. The van der Waals surface area contributed by atoms with Crippen molar-refractivity contribution >= 4 is 11.5 Å². The van der Waals surface area contributed by atoms with E-state index in [9.17, 15) is 0 Å². The number of aromatic nitrogens is 1. The van der Waals surface area contributed by atoms with Crippen LogP contribution in [0.2, 0.25) is 0 Å². The maximum absolute atomic E-state index is 5.49. The van der Waals surface area contributed by atoms with Crippen LogP contribution in [-0.4, -0.2) is 25.1 Å². The minimum absolute atomic E-state index is 0.112. The molecule has 0 radical (unpaired) electrons. The van der Waals surface area contributed by atoms with Crippen molar-refractivity contribution in [3.05, 3.63) is 10.9 Å². The summed E-state index contributed by atoms with van der Waals surface area (Å²) in [4.78, 5) is 0. The Morgan fingerprint density at radius 2 is 2.42 bits per heavy atom. The van der Waals surface area contributed by atoms with E-state index >= 15 is 0 Å². The van der Waals surface area contributed by atoms with Crippen molar-refractivity contribution in [1.29, 1.82) is 0 Å². The topological polar surface area (TPSA) is 57.4 Å². The van der Waals surface area contributed by atoms with Crippen molar-refractivity contribution in [3.63, 3.8) is 0 Å². The molecule has 0 aliphatic carbocycles. The normalized spacial score (nSPS) is 12.9. The van der Waals surface area contributed by atoms with Crippen LogP contribution in [0.25, 0.3) is 0 Å². The highest BCUT2D eigenvalue weighted by molar-refractivity contribution is 7.03. The number of nitrogens with zero attached hydrogens (tertiary/aromatic N) is 1. The maximum Gasteiger partial charge on any atom is 0.230 e. The number of ether oxygens (including phenoxy) is 2. The van der Waals surface area contributed by atoms with Crippen LogP contribution in [0.1, 0.15) is 11.7 Å². The lowest BCUT2D eigenvalue weighted by molar-refractivity contribution is 0.108. The second kappa shape index (κ2) is 4.39. The Morgan fingerprint density at radius 3 is 2.92 bits per heavy atom. The van der Waals surface area contributed by atoms with Gasteiger partial charge in [-0.05, 0) is 11.5 Å². The largest absolute Gasteiger partial charge is 0.480 e. The Bertz CT molecular complexity index is 235. The van der Waals surface area contributed by atoms with Crippen molar-refractivity contribution in [2.45, 2.75) is 6.10 Å². The van der Waals surface area contributed by atoms with E-state index in [0.29, 0.717) is 12.4 Å². The highest BCUT2D eigenvalue weighted by Gasteiger charge is 2.15. The lowest BCUT2D eigenvalue weighted by Crippen LogP contribution is -2.14. The summed E-state index contributed by atoms with van der Waals surface area (Å²) < 4.78 is 14.2. The fraction of sp³-hybridized carbons (Fsp3) is 0.571. The van der Waals surface area contributed by atoms with Crippen LogP contribution in [0.3, 0.4) is 0 Å². The van der Waals surface area contributed by atoms with Crippen molar-refractivity contribution in [1.82, 2.24) is 4.37 Å². The van der Waals surface area contributed by atoms with Gasteiger partial charge in [0, 0.05) is 19.0 Å². The van der Waals surface area contributed by atoms with Gasteiger partial charge >= 0.3 is 0 Å². The highest BCUT2D eigenvalue weighted by atomic mass is 32.1. The standard InChI is InChI=1S/C7H12N2O2S/c1-10-6(3-8)5-4-12-9-7(5)11-2/h4,6H,3,8H2,1-2H3. The van der Waals surface area contributed by atoms with E-state index in [0.717, 1.165) is 5.56 Å². The Labute approximate surface area is 75.5 Å². The maximum atomic E-state index is 5.49. The number of methoxy groups -OCH3 is 2. The number of rotatable bonds is 4. The summed E-state index contributed by atoms with van der Waals surface area (Å²) in [5.41, 5.74) is 6.42. The first-order valence-corrected chi connectivity index (χ1v) is 4.38. The first kappa shape index (κ1) is 9.44. The third-order valence-corrected chi connectivity index (χ3v) is 2.23. The van der Waals surface area contributed by atoms with E-state index in [-0.39, 0.29) is 6.10 Å². The van der Waals surface area contributed by atoms with Gasteiger partial charge in [-0.15, -0.1) is 0 Å². The smallest absolute Gasteiger partial charge is 0.230 e. The monoisotopic (exact) mass is 188 g/mol. The van der Waals surface area contributed by atoms with Gasteiger partial charge in [-0.2, -0.15) is 4.37 Å². The van der Waals surface area contributed by atoms with E-state index in [1.807, 2.05) is 5.38 Å². The summed E-state index contributed by atoms with van der Waals surface area (Å²) >= 11 is 1.34. The van der Waals surface area contributed by atoms with E-state index in [4.69, 9.17) is 15.2 Å². The zero-order valence-electron chi connectivity index (χ0n) is 7.11. The quantitative estimate of drug-likeness (QED) is 0.759. The van der Waals surface area contributed by atoms with E-state index in [1.54, 1.807) is 14.2 Å². The van der Waals surface area contributed by atoms with Gasteiger partial charge < -0.3 is 15.2 Å². The van der Waals surface area contributed by atoms with Gasteiger partial charge in [0.15, 0.2) is 0 Å². The van der Waals surface area contributed by atoms with Crippen molar-refractivity contribution in [2.24, 2.45) is 5.73 Å². The molecule has 0 aliphatic rings. The molecular formula is C7H12N2O2S. The molecule has 0 amide bonds. The lowest BCUT2D eigenvalue weighted by Gasteiger charge is -2.11. The van der Waals surface area contributed by atoms with Crippen LogP contribution in [0.4, 0.5) is 0 Å². The van der Waals surface area contributed by atoms with Gasteiger partial charge in [0.25, 0.3) is 0 Å². The third-order valence-electron chi connectivity index (χ3n) is 1.60. The van der Waals surface area contributed by atoms with Crippen LogP contribution >= 0.6 is 11.5 Å². The second-order valence-corrected chi connectivity index (χ2v) is 2.87. The Hall–Kier alpha value is -0.650. The summed E-state index contributed by atoms with van der Waals surface area (Å²) in [7, 11) is 3.20. The van der Waals surface area contributed by atoms with Crippen LogP contribution in [0.5, 0.6) is 5.88 Å². The molecule has 0 aromatic carbocycles. The minimum atomic E-state index is -0.112. The van der Waals surface area contributed by atoms with Crippen molar-refractivity contribution < 1.29 is 9.47 Å². The Kier molecular flexibility index (Phi) is 3.46. The van der Waals surface area contributed by atoms with Gasteiger partial charge in [0.2, 0.25) is 5.88 Å². The summed E-state index contributed by atoms with van der Waals surface area (Å²) in [6.07, 6.45) is -0.112. The van der Waals surface area contributed by atoms with Crippen LogP contribution < -0.4 is 10.5 Å². The molecule has 0 saturated heterocycles. The van der Waals surface area contributed by atoms with Gasteiger partial charge in [0.05, 0.1) is 12.7 Å².